The molecule has 0 unspecified atom stereocenters. The van der Waals surface area contributed by atoms with E-state index < -0.39 is 0 Å². The molecule has 0 aliphatic heterocycles. The maximum absolute atomic E-state index is 12.8. The number of rotatable bonds is 4. The molecular weight excluding hydrogens is 462 g/mol. The van der Waals surface area contributed by atoms with Crippen molar-refractivity contribution in [2.75, 3.05) is 7.11 Å². The summed E-state index contributed by atoms with van der Waals surface area (Å²) >= 11 is 10.00. The highest BCUT2D eigenvalue weighted by molar-refractivity contribution is 9.10. The maximum Gasteiger partial charge on any atom is 0.265 e. The van der Waals surface area contributed by atoms with Gasteiger partial charge in [0.05, 0.1) is 18.0 Å². The van der Waals surface area contributed by atoms with E-state index >= 15 is 0 Å². The first-order valence-electron chi connectivity index (χ1n) is 8.26. The van der Waals surface area contributed by atoms with Gasteiger partial charge in [-0.15, -0.1) is 0 Å². The van der Waals surface area contributed by atoms with Gasteiger partial charge in [-0.3, -0.25) is 14.0 Å². The number of ether oxygens (including phenoxy) is 1. The van der Waals surface area contributed by atoms with Crippen molar-refractivity contribution in [3.8, 4) is 5.75 Å². The zero-order chi connectivity index (χ0) is 19.8. The zero-order valence-corrected chi connectivity index (χ0v) is 17.8. The third-order valence-electron chi connectivity index (χ3n) is 4.28. The quantitative estimate of drug-likeness (QED) is 0.432. The fourth-order valence-corrected chi connectivity index (χ4v) is 4.62. The second-order valence-corrected chi connectivity index (χ2v) is 8.59. The molecule has 0 fully saturated rings. The van der Waals surface area contributed by atoms with Crippen molar-refractivity contribution >= 4 is 61.9 Å². The van der Waals surface area contributed by atoms with Crippen molar-refractivity contribution in [1.82, 2.24) is 14.7 Å². The molecule has 2 N–H and O–H groups in total. The van der Waals surface area contributed by atoms with Crippen molar-refractivity contribution in [2.45, 2.75) is 6.54 Å². The molecule has 2 aromatic carbocycles. The predicted octanol–water partition coefficient (Wildman–Crippen LogP) is 4.27. The number of hydrogen-bond donors (Lipinski definition) is 2. The van der Waals surface area contributed by atoms with Crippen LogP contribution in [-0.2, 0) is 6.54 Å². The minimum atomic E-state index is -0.298. The molecular formula is C19H14BrN3O3S2. The molecule has 0 saturated carbocycles. The van der Waals surface area contributed by atoms with Crippen molar-refractivity contribution in [1.29, 1.82) is 0 Å². The number of nitrogens with one attached hydrogen (secondary N) is 2. The number of methoxy groups -OCH3 is 1. The molecule has 1 amide bonds. The van der Waals surface area contributed by atoms with Gasteiger partial charge in [-0.1, -0.05) is 39.4 Å². The average molecular weight is 476 g/mol. The molecule has 0 atom stereocenters. The van der Waals surface area contributed by atoms with Crippen LogP contribution in [-0.4, -0.2) is 22.4 Å². The zero-order valence-electron chi connectivity index (χ0n) is 14.6. The van der Waals surface area contributed by atoms with Gasteiger partial charge in [-0.05, 0) is 48.1 Å². The molecule has 2 aromatic heterocycles. The van der Waals surface area contributed by atoms with E-state index in [2.05, 4.69) is 26.2 Å². The number of carbonyl (C=O) groups excluding carboxylic acids is 1. The van der Waals surface area contributed by atoms with Crippen LogP contribution in [0.5, 0.6) is 5.75 Å². The number of nitrogens with zero attached hydrogens (tertiary/aromatic N) is 1. The SMILES string of the molecule is COc1cccc(CNC(=O)c2sc(=S)n3c2[nH]c(=O)c2cc(Br)ccc23)c1. The fourth-order valence-electron chi connectivity index (χ4n) is 2.96. The monoisotopic (exact) mass is 475 g/mol. The van der Waals surface area contributed by atoms with Crippen molar-refractivity contribution in [3.05, 3.63) is 71.7 Å². The van der Waals surface area contributed by atoms with Gasteiger partial charge in [0.2, 0.25) is 0 Å². The summed E-state index contributed by atoms with van der Waals surface area (Å²) in [5, 5.41) is 3.37. The van der Waals surface area contributed by atoms with Crippen LogP contribution >= 0.6 is 39.5 Å². The van der Waals surface area contributed by atoms with E-state index in [4.69, 9.17) is 17.0 Å². The Morgan fingerprint density at radius 2 is 2.14 bits per heavy atom. The Hall–Kier alpha value is -2.49. The minimum Gasteiger partial charge on any atom is -0.497 e. The van der Waals surface area contributed by atoms with E-state index in [-0.39, 0.29) is 11.5 Å². The Morgan fingerprint density at radius 1 is 1.32 bits per heavy atom. The highest BCUT2D eigenvalue weighted by atomic mass is 79.9. The number of carbonyl (C=O) groups is 1. The highest BCUT2D eigenvalue weighted by Crippen LogP contribution is 2.24. The van der Waals surface area contributed by atoms with E-state index in [9.17, 15) is 9.59 Å². The Bertz CT molecular complexity index is 1340. The summed E-state index contributed by atoms with van der Waals surface area (Å²) in [6.45, 7) is 0.331. The Kier molecular flexibility index (Phi) is 5.05. The smallest absolute Gasteiger partial charge is 0.265 e. The van der Waals surface area contributed by atoms with Crippen LogP contribution in [0.4, 0.5) is 0 Å². The summed E-state index contributed by atoms with van der Waals surface area (Å²) in [4.78, 5) is 28.5. The second-order valence-electron chi connectivity index (χ2n) is 6.03. The largest absolute Gasteiger partial charge is 0.497 e. The van der Waals surface area contributed by atoms with Crippen LogP contribution < -0.4 is 15.6 Å². The Balaban J connectivity index is 1.73. The molecule has 4 rings (SSSR count). The average Bonchev–Trinajstić information content (AvgIpc) is 3.03. The molecule has 0 aliphatic rings. The highest BCUT2D eigenvalue weighted by Gasteiger charge is 2.18. The number of thiazole rings is 1. The number of hydrogen-bond acceptors (Lipinski definition) is 5. The lowest BCUT2D eigenvalue weighted by Gasteiger charge is -2.07. The third kappa shape index (κ3) is 3.36. The first-order chi connectivity index (χ1) is 13.5. The molecule has 6 nitrogen and oxygen atoms in total. The van der Waals surface area contributed by atoms with Gasteiger partial charge >= 0.3 is 0 Å². The summed E-state index contributed by atoms with van der Waals surface area (Å²) in [6, 6.07) is 12.8. The fraction of sp³-hybridized carbons (Fsp3) is 0.105. The number of aromatic amines is 1. The molecule has 0 spiro atoms. The molecule has 0 saturated heterocycles. The van der Waals surface area contributed by atoms with Crippen molar-refractivity contribution in [2.24, 2.45) is 0 Å². The Morgan fingerprint density at radius 3 is 2.93 bits per heavy atom. The summed E-state index contributed by atoms with van der Waals surface area (Å²) in [5.41, 5.74) is 1.70. The first-order valence-corrected chi connectivity index (χ1v) is 10.3. The van der Waals surface area contributed by atoms with E-state index in [0.29, 0.717) is 31.9 Å². The van der Waals surface area contributed by atoms with E-state index in [0.717, 1.165) is 15.8 Å². The van der Waals surface area contributed by atoms with Gasteiger partial charge in [-0.25, -0.2) is 0 Å². The van der Waals surface area contributed by atoms with Crippen LogP contribution in [0.25, 0.3) is 16.6 Å². The van der Waals surface area contributed by atoms with Crippen molar-refractivity contribution < 1.29 is 9.53 Å². The van der Waals surface area contributed by atoms with Gasteiger partial charge in [0.25, 0.3) is 11.5 Å². The van der Waals surface area contributed by atoms with Gasteiger partial charge < -0.3 is 15.0 Å². The molecule has 0 bridgehead atoms. The van der Waals surface area contributed by atoms with Gasteiger partial charge in [0.1, 0.15) is 16.3 Å². The minimum absolute atomic E-state index is 0.272. The maximum atomic E-state index is 12.8. The number of aromatic nitrogens is 2. The lowest BCUT2D eigenvalue weighted by atomic mass is 10.2. The van der Waals surface area contributed by atoms with E-state index in [1.807, 2.05) is 36.4 Å². The molecule has 9 heteroatoms. The number of benzene rings is 2. The molecule has 0 aliphatic carbocycles. The Labute approximate surface area is 176 Å². The second kappa shape index (κ2) is 7.50. The summed E-state index contributed by atoms with van der Waals surface area (Å²) in [7, 11) is 1.59. The van der Waals surface area contributed by atoms with E-state index in [1.54, 1.807) is 17.6 Å². The van der Waals surface area contributed by atoms with Gasteiger partial charge in [0, 0.05) is 11.0 Å². The first kappa shape index (κ1) is 18.9. The van der Waals surface area contributed by atoms with Gasteiger partial charge in [-0.2, -0.15) is 0 Å². The van der Waals surface area contributed by atoms with Crippen LogP contribution in [0, 0.1) is 3.95 Å². The lowest BCUT2D eigenvalue weighted by Crippen LogP contribution is -2.23. The molecule has 4 aromatic rings. The number of halogens is 1. The third-order valence-corrected chi connectivity index (χ3v) is 6.15. The molecule has 2 heterocycles. The number of fused-ring (bicyclic) bond motifs is 3. The molecule has 0 radical (unpaired) electrons. The molecule has 28 heavy (non-hydrogen) atoms. The number of amides is 1. The topological polar surface area (TPSA) is 75.6 Å². The van der Waals surface area contributed by atoms with Crippen LogP contribution in [0.1, 0.15) is 15.2 Å². The van der Waals surface area contributed by atoms with Crippen LogP contribution in [0.3, 0.4) is 0 Å². The number of H-pyrrole nitrogens is 1. The van der Waals surface area contributed by atoms with Crippen molar-refractivity contribution in [3.63, 3.8) is 0 Å². The van der Waals surface area contributed by atoms with Gasteiger partial charge in [0.15, 0.2) is 3.95 Å². The van der Waals surface area contributed by atoms with Crippen LogP contribution in [0.15, 0.2) is 51.7 Å². The summed E-state index contributed by atoms with van der Waals surface area (Å²) in [5.74, 6) is 0.423. The normalized spacial score (nSPS) is 11.1. The lowest BCUT2D eigenvalue weighted by molar-refractivity contribution is 0.0956. The molecule has 142 valence electrons. The summed E-state index contributed by atoms with van der Waals surface area (Å²) < 4.78 is 8.21. The predicted molar refractivity (Wildman–Crippen MR) is 116 cm³/mol. The van der Waals surface area contributed by atoms with Crippen LogP contribution in [0.2, 0.25) is 0 Å². The summed E-state index contributed by atoms with van der Waals surface area (Å²) in [6.07, 6.45) is 0. The standard InChI is InChI=1S/C19H14BrN3O3S2/c1-26-12-4-2-3-10(7-12)9-21-18(25)15-16-22-17(24)13-8-11(20)5-6-14(13)23(16)19(27)28-15/h2-8H,9H2,1H3,(H,21,25)(H,22,24). The van der Waals surface area contributed by atoms with E-state index in [1.165, 1.54) is 11.3 Å².